The van der Waals surface area contributed by atoms with Gasteiger partial charge in [0, 0.05) is 25.9 Å². The van der Waals surface area contributed by atoms with Crippen molar-refractivity contribution in [1.82, 2.24) is 20.4 Å². The predicted molar refractivity (Wildman–Crippen MR) is 227 cm³/mol. The quantitative estimate of drug-likeness (QED) is 0.0933. The molecular formula is C46H72N4O8. The Bertz CT molecular complexity index is 1400. The van der Waals surface area contributed by atoms with Crippen molar-refractivity contribution in [1.29, 1.82) is 0 Å². The van der Waals surface area contributed by atoms with Crippen molar-refractivity contribution in [2.45, 2.75) is 141 Å². The van der Waals surface area contributed by atoms with Crippen molar-refractivity contribution in [2.75, 3.05) is 65.7 Å². The van der Waals surface area contributed by atoms with Crippen molar-refractivity contribution in [3.05, 3.63) is 47.5 Å². The maximum atomic E-state index is 12.5. The monoisotopic (exact) mass is 809 g/mol. The van der Waals surface area contributed by atoms with Crippen molar-refractivity contribution >= 4 is 11.8 Å². The van der Waals surface area contributed by atoms with E-state index in [0.29, 0.717) is 75.4 Å². The van der Waals surface area contributed by atoms with Crippen LogP contribution in [-0.4, -0.2) is 110 Å². The summed E-state index contributed by atoms with van der Waals surface area (Å²) in [7, 11) is 0. The number of hydrogen-bond donors (Lipinski definition) is 4. The van der Waals surface area contributed by atoms with Crippen LogP contribution in [0.4, 0.5) is 0 Å². The van der Waals surface area contributed by atoms with Gasteiger partial charge in [0.25, 0.3) is 0 Å². The number of aliphatic hydroxyl groups excluding tert-OH is 2. The van der Waals surface area contributed by atoms with Crippen LogP contribution < -0.4 is 29.6 Å². The summed E-state index contributed by atoms with van der Waals surface area (Å²) in [4.78, 5) is 29.7. The second-order valence-corrected chi connectivity index (χ2v) is 16.4. The van der Waals surface area contributed by atoms with E-state index < -0.39 is 12.2 Å². The highest BCUT2D eigenvalue weighted by Gasteiger charge is 2.29. The third-order valence-electron chi connectivity index (χ3n) is 11.6. The van der Waals surface area contributed by atoms with E-state index in [1.165, 1.54) is 64.2 Å². The lowest BCUT2D eigenvalue weighted by molar-refractivity contribution is -0.123. The molecule has 2 saturated heterocycles. The van der Waals surface area contributed by atoms with E-state index in [1.54, 1.807) is 0 Å². The van der Waals surface area contributed by atoms with E-state index in [-0.39, 0.29) is 23.9 Å². The number of nitrogens with zero attached hydrogens (tertiary/aromatic N) is 2. The molecule has 0 aliphatic carbocycles. The van der Waals surface area contributed by atoms with Gasteiger partial charge in [-0.2, -0.15) is 0 Å². The molecule has 0 bridgehead atoms. The molecule has 0 saturated carbocycles. The van der Waals surface area contributed by atoms with Crippen LogP contribution in [-0.2, 0) is 9.59 Å². The number of carbonyl (C=O) groups excluding carboxylic acids is 2. The molecule has 2 aromatic carbocycles. The van der Waals surface area contributed by atoms with Crippen LogP contribution in [0.1, 0.15) is 140 Å². The van der Waals surface area contributed by atoms with Gasteiger partial charge in [-0.05, 0) is 100 Å². The molecule has 2 aromatic rings. The van der Waals surface area contributed by atoms with E-state index in [9.17, 15) is 19.8 Å². The van der Waals surface area contributed by atoms with Crippen molar-refractivity contribution in [2.24, 2.45) is 0 Å². The third-order valence-corrected chi connectivity index (χ3v) is 11.6. The topological polar surface area (TPSA) is 142 Å². The molecule has 4 aliphatic rings. The standard InChI is InChI=1S/2C23H36N2O4/c2*1-2-3-4-5-6-9-22(26)24-19(17-25-12-7-8-13-25)23(27)18-10-11-20-21(16-18)29-15-14-28-20/h2*10-11,16,19,23,27H,2-9,12-15,17H2,1H3,(H,24,26)/t2*19-,23-/m11/s1. The van der Waals surface area contributed by atoms with Crippen LogP contribution in [0, 0.1) is 0 Å². The van der Waals surface area contributed by atoms with Gasteiger partial charge in [0.05, 0.1) is 12.1 Å². The summed E-state index contributed by atoms with van der Waals surface area (Å²) in [6.07, 6.45) is 15.4. The molecule has 4 aliphatic heterocycles. The van der Waals surface area contributed by atoms with Crippen LogP contribution in [0.5, 0.6) is 23.0 Å². The summed E-state index contributed by atoms with van der Waals surface area (Å²) in [6.45, 7) is 11.9. The second kappa shape index (κ2) is 25.1. The van der Waals surface area contributed by atoms with Gasteiger partial charge in [0.2, 0.25) is 11.8 Å². The minimum atomic E-state index is -0.782. The summed E-state index contributed by atoms with van der Waals surface area (Å²) in [5.74, 6) is 2.80. The molecular weight excluding hydrogens is 737 g/mol. The molecule has 12 heteroatoms. The third kappa shape index (κ3) is 14.9. The van der Waals surface area contributed by atoms with Gasteiger partial charge in [0.1, 0.15) is 38.6 Å². The Labute approximate surface area is 347 Å². The van der Waals surface area contributed by atoms with Gasteiger partial charge in [-0.25, -0.2) is 0 Å². The number of likely N-dealkylation sites (tertiary alicyclic amines) is 2. The minimum absolute atomic E-state index is 0.0299. The van der Waals surface area contributed by atoms with Gasteiger partial charge >= 0.3 is 0 Å². The fourth-order valence-electron chi connectivity index (χ4n) is 8.22. The van der Waals surface area contributed by atoms with Crippen LogP contribution in [0.2, 0.25) is 0 Å². The lowest BCUT2D eigenvalue weighted by atomic mass is 10.0. The highest BCUT2D eigenvalue weighted by molar-refractivity contribution is 5.76. The molecule has 4 N–H and O–H groups in total. The number of amides is 2. The number of rotatable bonds is 22. The molecule has 0 spiro atoms. The summed E-state index contributed by atoms with van der Waals surface area (Å²) >= 11 is 0. The number of ether oxygens (including phenoxy) is 4. The lowest BCUT2D eigenvalue weighted by Crippen LogP contribution is -2.46. The molecule has 6 rings (SSSR count). The zero-order chi connectivity index (χ0) is 41.0. The summed E-state index contributed by atoms with van der Waals surface area (Å²) in [5.41, 5.74) is 1.50. The Morgan fingerprint density at radius 2 is 0.914 bits per heavy atom. The Hall–Kier alpha value is -3.58. The average Bonchev–Trinajstić information content (AvgIpc) is 3.97. The van der Waals surface area contributed by atoms with Crippen LogP contribution in [0.15, 0.2) is 36.4 Å². The molecule has 4 atom stereocenters. The van der Waals surface area contributed by atoms with Crippen LogP contribution in [0.25, 0.3) is 0 Å². The minimum Gasteiger partial charge on any atom is -0.486 e. The number of fused-ring (bicyclic) bond motifs is 2. The first-order valence-corrected chi connectivity index (χ1v) is 22.5. The van der Waals surface area contributed by atoms with E-state index in [0.717, 1.165) is 63.0 Å². The number of aliphatic hydroxyl groups is 2. The summed E-state index contributed by atoms with van der Waals surface area (Å²) in [5, 5.41) is 28.4. The molecule has 324 valence electrons. The lowest BCUT2D eigenvalue weighted by Gasteiger charge is -2.29. The van der Waals surface area contributed by atoms with Gasteiger partial charge < -0.3 is 49.6 Å². The fourth-order valence-corrected chi connectivity index (χ4v) is 8.22. The van der Waals surface area contributed by atoms with Gasteiger partial charge in [-0.1, -0.05) is 77.3 Å². The maximum absolute atomic E-state index is 12.5. The first kappa shape index (κ1) is 45.5. The smallest absolute Gasteiger partial charge is 0.220 e. The average molecular weight is 809 g/mol. The fraction of sp³-hybridized carbons (Fsp3) is 0.696. The number of benzene rings is 2. The van der Waals surface area contributed by atoms with Gasteiger partial charge in [-0.15, -0.1) is 0 Å². The van der Waals surface area contributed by atoms with Crippen LogP contribution in [0.3, 0.4) is 0 Å². The largest absolute Gasteiger partial charge is 0.486 e. The predicted octanol–water partition coefficient (Wildman–Crippen LogP) is 6.86. The Morgan fingerprint density at radius 3 is 1.29 bits per heavy atom. The molecule has 58 heavy (non-hydrogen) atoms. The molecule has 0 radical (unpaired) electrons. The number of hydrogen-bond acceptors (Lipinski definition) is 10. The molecule has 0 unspecified atom stereocenters. The van der Waals surface area contributed by atoms with E-state index in [4.69, 9.17) is 18.9 Å². The molecule has 0 aromatic heterocycles. The zero-order valence-electron chi connectivity index (χ0n) is 35.4. The molecule has 2 amide bonds. The highest BCUT2D eigenvalue weighted by atomic mass is 16.6. The number of unbranched alkanes of at least 4 members (excludes halogenated alkanes) is 8. The van der Waals surface area contributed by atoms with E-state index in [1.807, 2.05) is 36.4 Å². The Kier molecular flexibility index (Phi) is 19.7. The van der Waals surface area contributed by atoms with Gasteiger partial charge in [-0.3, -0.25) is 9.59 Å². The number of carbonyl (C=O) groups is 2. The van der Waals surface area contributed by atoms with E-state index >= 15 is 0 Å². The van der Waals surface area contributed by atoms with Crippen LogP contribution >= 0.6 is 0 Å². The SMILES string of the molecule is CCCCCCCC(=O)N[C@H](CN1CCCC1)[C@H](O)c1ccc2c(c1)OCCO2.CCCCCCCC(=O)N[C@H](CN1CCCC1)[C@H](O)c1ccc2c(c1)OCCO2. The Morgan fingerprint density at radius 1 is 0.552 bits per heavy atom. The first-order valence-electron chi connectivity index (χ1n) is 22.5. The summed E-state index contributed by atoms with van der Waals surface area (Å²) in [6, 6.07) is 10.4. The zero-order valence-corrected chi connectivity index (χ0v) is 35.4. The van der Waals surface area contributed by atoms with Gasteiger partial charge in [0.15, 0.2) is 23.0 Å². The molecule has 4 heterocycles. The Balaban J connectivity index is 0.000000221. The first-order chi connectivity index (χ1) is 28.3. The normalized spacial score (nSPS) is 18.4. The highest BCUT2D eigenvalue weighted by Crippen LogP contribution is 2.35. The second-order valence-electron chi connectivity index (χ2n) is 16.4. The van der Waals surface area contributed by atoms with Crippen molar-refractivity contribution < 1.29 is 38.7 Å². The summed E-state index contributed by atoms with van der Waals surface area (Å²) < 4.78 is 22.5. The van der Waals surface area contributed by atoms with Crippen molar-refractivity contribution in [3.8, 4) is 23.0 Å². The maximum Gasteiger partial charge on any atom is 0.220 e. The number of nitrogens with one attached hydrogen (secondary N) is 2. The van der Waals surface area contributed by atoms with E-state index in [2.05, 4.69) is 34.3 Å². The van der Waals surface area contributed by atoms with Crippen molar-refractivity contribution in [3.63, 3.8) is 0 Å². The molecule has 2 fully saturated rings. The molecule has 12 nitrogen and oxygen atoms in total.